The van der Waals surface area contributed by atoms with E-state index in [1.165, 1.54) is 12.1 Å². The molecule has 47 valence electrons. The van der Waals surface area contributed by atoms with Crippen LogP contribution in [0.2, 0.25) is 10.0 Å². The minimum atomic E-state index is 0.0735. The zero-order valence-electron chi connectivity index (χ0n) is 4.36. The zero-order valence-corrected chi connectivity index (χ0v) is 5.87. The van der Waals surface area contributed by atoms with Crippen LogP contribution in [0.1, 0.15) is 0 Å². The van der Waals surface area contributed by atoms with Gasteiger partial charge < -0.3 is 5.11 Å². The molecule has 0 heterocycles. The van der Waals surface area contributed by atoms with Crippen LogP contribution in [0.3, 0.4) is 0 Å². The van der Waals surface area contributed by atoms with Gasteiger partial charge in [-0.25, -0.2) is 0 Å². The van der Waals surface area contributed by atoms with Crippen LogP contribution in [0.5, 0.6) is 5.75 Å². The monoisotopic (exact) mass is 161 g/mol. The van der Waals surface area contributed by atoms with E-state index in [9.17, 15) is 0 Å². The summed E-state index contributed by atoms with van der Waals surface area (Å²) in [6.45, 7) is 0. The topological polar surface area (TPSA) is 20.2 Å². The Kier molecular flexibility index (Phi) is 1.84. The van der Waals surface area contributed by atoms with Crippen LogP contribution in [0.25, 0.3) is 0 Å². The molecule has 0 amide bonds. The number of halogens is 2. The summed E-state index contributed by atoms with van der Waals surface area (Å²) >= 11 is 11.0. The number of hydrogen-bond donors (Lipinski definition) is 1. The van der Waals surface area contributed by atoms with Crippen molar-refractivity contribution in [2.45, 2.75) is 0 Å². The molecule has 0 aliphatic heterocycles. The number of phenols is 1. The Hall–Kier alpha value is -0.400. The van der Waals surface area contributed by atoms with Gasteiger partial charge in [0.15, 0.2) is 0 Å². The van der Waals surface area contributed by atoms with Crippen molar-refractivity contribution < 1.29 is 5.11 Å². The molecule has 1 aromatic carbocycles. The van der Waals surface area contributed by atoms with Crippen molar-refractivity contribution in [1.82, 2.24) is 0 Å². The molecule has 1 rings (SSSR count). The summed E-state index contributed by atoms with van der Waals surface area (Å²) in [6, 6.07) is 5.27. The van der Waals surface area contributed by atoms with E-state index in [0.717, 1.165) is 0 Å². The molecule has 1 radical (unpaired) electrons. The van der Waals surface area contributed by atoms with Crippen LogP contribution in [0, 0.1) is 6.07 Å². The number of phenolic OH excluding ortho intramolecular Hbond substituents is 1. The summed E-state index contributed by atoms with van der Waals surface area (Å²) in [6.07, 6.45) is 0. The van der Waals surface area contributed by atoms with Crippen molar-refractivity contribution in [2.24, 2.45) is 0 Å². The maximum absolute atomic E-state index is 8.76. The molecular formula is C6H3Cl2O. The fourth-order valence-corrected chi connectivity index (χ4v) is 0.717. The first-order valence-corrected chi connectivity index (χ1v) is 3.01. The summed E-state index contributed by atoms with van der Waals surface area (Å²) in [5.74, 6) is 0.0735. The van der Waals surface area contributed by atoms with Gasteiger partial charge in [0.05, 0.1) is 10.0 Å². The lowest BCUT2D eigenvalue weighted by atomic mass is 10.3. The van der Waals surface area contributed by atoms with Gasteiger partial charge in [-0.3, -0.25) is 0 Å². The lowest BCUT2D eigenvalue weighted by Crippen LogP contribution is -1.67. The number of benzene rings is 1. The predicted molar refractivity (Wildman–Crippen MR) is 37.0 cm³/mol. The van der Waals surface area contributed by atoms with E-state index in [4.69, 9.17) is 28.3 Å². The second-order valence-electron chi connectivity index (χ2n) is 1.52. The highest BCUT2D eigenvalue weighted by Gasteiger charge is 1.96. The van der Waals surface area contributed by atoms with Gasteiger partial charge in [-0.05, 0) is 6.07 Å². The maximum Gasteiger partial charge on any atom is 0.117 e. The molecule has 0 aliphatic carbocycles. The van der Waals surface area contributed by atoms with Gasteiger partial charge in [-0.1, -0.05) is 23.2 Å². The molecule has 0 fully saturated rings. The highest BCUT2D eigenvalue weighted by molar-refractivity contribution is 6.41. The van der Waals surface area contributed by atoms with Crippen LogP contribution >= 0.6 is 23.2 Å². The van der Waals surface area contributed by atoms with Gasteiger partial charge in [0, 0.05) is 12.1 Å². The Morgan fingerprint density at radius 1 is 1.44 bits per heavy atom. The Bertz CT molecular complexity index is 222. The third-order valence-electron chi connectivity index (χ3n) is 0.831. The van der Waals surface area contributed by atoms with Crippen molar-refractivity contribution in [1.29, 1.82) is 0 Å². The maximum atomic E-state index is 8.76. The van der Waals surface area contributed by atoms with Crippen molar-refractivity contribution in [2.75, 3.05) is 0 Å². The van der Waals surface area contributed by atoms with E-state index in [-0.39, 0.29) is 5.75 Å². The molecule has 1 N–H and O–H groups in total. The first kappa shape index (κ1) is 6.72. The normalized spacial score (nSPS) is 9.56. The van der Waals surface area contributed by atoms with E-state index in [0.29, 0.717) is 10.0 Å². The molecule has 0 unspecified atom stereocenters. The quantitative estimate of drug-likeness (QED) is 0.621. The standard InChI is InChI=1S/C6H3Cl2O/c7-5-2-1-4(9)3-6(5)8/h1,3,9H. The predicted octanol–water partition coefficient (Wildman–Crippen LogP) is 2.50. The number of rotatable bonds is 0. The molecular weight excluding hydrogens is 159 g/mol. The summed E-state index contributed by atoms with van der Waals surface area (Å²) in [4.78, 5) is 0. The largest absolute Gasteiger partial charge is 0.508 e. The van der Waals surface area contributed by atoms with Crippen molar-refractivity contribution in [3.63, 3.8) is 0 Å². The second kappa shape index (κ2) is 2.46. The highest BCUT2D eigenvalue weighted by atomic mass is 35.5. The minimum Gasteiger partial charge on any atom is -0.508 e. The molecule has 0 bridgehead atoms. The summed E-state index contributed by atoms with van der Waals surface area (Å²) < 4.78 is 0. The average molecular weight is 162 g/mol. The molecule has 3 heteroatoms. The summed E-state index contributed by atoms with van der Waals surface area (Å²) in [5, 5.41) is 9.41. The highest BCUT2D eigenvalue weighted by Crippen LogP contribution is 2.24. The molecule has 0 atom stereocenters. The van der Waals surface area contributed by atoms with Gasteiger partial charge >= 0.3 is 0 Å². The fraction of sp³-hybridized carbons (Fsp3) is 0. The van der Waals surface area contributed by atoms with Gasteiger partial charge in [0.2, 0.25) is 0 Å². The van der Waals surface area contributed by atoms with Crippen LogP contribution < -0.4 is 0 Å². The molecule has 0 aliphatic rings. The average Bonchev–Trinajstić information content (AvgIpc) is 1.80. The molecule has 1 nitrogen and oxygen atoms in total. The molecule has 9 heavy (non-hydrogen) atoms. The molecule has 0 aromatic heterocycles. The van der Waals surface area contributed by atoms with E-state index in [2.05, 4.69) is 6.07 Å². The van der Waals surface area contributed by atoms with E-state index >= 15 is 0 Å². The van der Waals surface area contributed by atoms with E-state index in [1.807, 2.05) is 0 Å². The Balaban J connectivity index is 3.17. The van der Waals surface area contributed by atoms with Crippen LogP contribution in [-0.4, -0.2) is 5.11 Å². The second-order valence-corrected chi connectivity index (χ2v) is 2.30. The first-order valence-electron chi connectivity index (χ1n) is 2.26. The number of aromatic hydroxyl groups is 1. The van der Waals surface area contributed by atoms with Crippen LogP contribution in [-0.2, 0) is 0 Å². The Morgan fingerprint density at radius 2 is 2.11 bits per heavy atom. The lowest BCUT2D eigenvalue weighted by Gasteiger charge is -1.92. The minimum absolute atomic E-state index is 0.0735. The first-order chi connectivity index (χ1) is 4.20. The van der Waals surface area contributed by atoms with Gasteiger partial charge in [0.1, 0.15) is 5.75 Å². The number of hydrogen-bond acceptors (Lipinski definition) is 1. The van der Waals surface area contributed by atoms with Crippen molar-refractivity contribution in [3.05, 3.63) is 28.2 Å². The Labute approximate surface area is 62.8 Å². The zero-order chi connectivity index (χ0) is 6.85. The molecule has 0 saturated heterocycles. The Morgan fingerprint density at radius 3 is 2.56 bits per heavy atom. The fourth-order valence-electron chi connectivity index (χ4n) is 0.441. The van der Waals surface area contributed by atoms with E-state index in [1.54, 1.807) is 0 Å². The van der Waals surface area contributed by atoms with E-state index < -0.39 is 0 Å². The van der Waals surface area contributed by atoms with Crippen molar-refractivity contribution in [3.8, 4) is 5.75 Å². The van der Waals surface area contributed by atoms with Crippen LogP contribution in [0.4, 0.5) is 0 Å². The van der Waals surface area contributed by atoms with Gasteiger partial charge in [-0.15, -0.1) is 0 Å². The molecule has 0 spiro atoms. The third-order valence-corrected chi connectivity index (χ3v) is 1.54. The molecule has 1 aromatic rings. The van der Waals surface area contributed by atoms with Gasteiger partial charge in [0.25, 0.3) is 0 Å². The smallest absolute Gasteiger partial charge is 0.117 e. The SMILES string of the molecule is Oc1c[c]c(Cl)c(Cl)c1. The third kappa shape index (κ3) is 1.50. The molecule has 0 saturated carbocycles. The summed E-state index contributed by atoms with van der Waals surface area (Å²) in [7, 11) is 0. The van der Waals surface area contributed by atoms with Gasteiger partial charge in [-0.2, -0.15) is 0 Å². The lowest BCUT2D eigenvalue weighted by molar-refractivity contribution is 0.475. The van der Waals surface area contributed by atoms with Crippen molar-refractivity contribution >= 4 is 23.2 Å². The summed E-state index contributed by atoms with van der Waals surface area (Å²) in [5.41, 5.74) is 0. The van der Waals surface area contributed by atoms with Crippen LogP contribution in [0.15, 0.2) is 12.1 Å².